The molecule has 0 bridgehead atoms. The Kier molecular flexibility index (Phi) is 5.39. The van der Waals surface area contributed by atoms with Gasteiger partial charge in [-0.1, -0.05) is 30.3 Å². The molecule has 1 amide bonds. The van der Waals surface area contributed by atoms with E-state index in [0.29, 0.717) is 6.42 Å². The molecule has 0 spiro atoms. The van der Waals surface area contributed by atoms with Crippen LogP contribution in [0.2, 0.25) is 0 Å². The van der Waals surface area contributed by atoms with Crippen LogP contribution in [0.3, 0.4) is 0 Å². The van der Waals surface area contributed by atoms with Gasteiger partial charge in [0.1, 0.15) is 12.5 Å². The number of hydrogen-bond acceptors (Lipinski definition) is 4. The molecule has 0 aliphatic rings. The number of benzene rings is 1. The number of carbonyl (C=O) groups excluding carboxylic acids is 2. The molecule has 94 valence electrons. The topological polar surface area (TPSA) is 79.2 Å². The fraction of sp³-hybridized carbons (Fsp3) is 0.308. The first-order valence-corrected chi connectivity index (χ1v) is 5.45. The summed E-state index contributed by atoms with van der Waals surface area (Å²) < 4.78 is 4.40. The van der Waals surface area contributed by atoms with Gasteiger partial charge in [-0.3, -0.25) is 9.59 Å². The predicted octanol–water partition coefficient (Wildman–Crippen LogP) is 0.658. The highest BCUT2D eigenvalue weighted by atomic mass is 16.5. The molecule has 0 radical (unpaired) electrons. The van der Waals surface area contributed by atoms with Crippen molar-refractivity contribution in [1.29, 1.82) is 5.26 Å². The number of amides is 1. The molecule has 0 fully saturated rings. The molecule has 5 heteroatoms. The number of hydrogen-bond donors (Lipinski definition) is 1. The summed E-state index contributed by atoms with van der Waals surface area (Å²) >= 11 is 0. The van der Waals surface area contributed by atoms with Gasteiger partial charge in [-0.2, -0.15) is 5.26 Å². The Balaban J connectivity index is 2.54. The minimum Gasteiger partial charge on any atom is -0.468 e. The Morgan fingerprint density at radius 1 is 1.39 bits per heavy atom. The molecule has 1 unspecified atom stereocenters. The van der Waals surface area contributed by atoms with Crippen LogP contribution >= 0.6 is 0 Å². The minimum absolute atomic E-state index is 0.220. The van der Waals surface area contributed by atoms with Gasteiger partial charge < -0.3 is 10.1 Å². The average Bonchev–Trinajstić information content (AvgIpc) is 2.42. The number of ether oxygens (including phenoxy) is 1. The van der Waals surface area contributed by atoms with Gasteiger partial charge in [0.25, 0.3) is 0 Å². The highest BCUT2D eigenvalue weighted by molar-refractivity contribution is 5.85. The van der Waals surface area contributed by atoms with Gasteiger partial charge in [0.15, 0.2) is 0 Å². The van der Waals surface area contributed by atoms with E-state index in [2.05, 4.69) is 10.1 Å². The van der Waals surface area contributed by atoms with Crippen molar-refractivity contribution in [2.24, 2.45) is 5.92 Å². The van der Waals surface area contributed by atoms with Crippen LogP contribution in [0.5, 0.6) is 0 Å². The SMILES string of the molecule is COC(=O)CNC(=O)C(C#N)Cc1ccccc1. The van der Waals surface area contributed by atoms with Crippen LogP contribution in [0.15, 0.2) is 30.3 Å². The van der Waals surface area contributed by atoms with Crippen LogP contribution in [0.1, 0.15) is 5.56 Å². The maximum atomic E-state index is 11.7. The molecule has 1 rings (SSSR count). The van der Waals surface area contributed by atoms with Crippen molar-refractivity contribution in [2.45, 2.75) is 6.42 Å². The first-order valence-electron chi connectivity index (χ1n) is 5.45. The Labute approximate surface area is 105 Å². The molecule has 1 atom stereocenters. The molecule has 1 aromatic rings. The zero-order chi connectivity index (χ0) is 13.4. The molecule has 0 aliphatic carbocycles. The lowest BCUT2D eigenvalue weighted by atomic mass is 10.00. The highest BCUT2D eigenvalue weighted by Gasteiger charge is 2.18. The van der Waals surface area contributed by atoms with Gasteiger partial charge in [-0.05, 0) is 12.0 Å². The van der Waals surface area contributed by atoms with Crippen LogP contribution in [0.25, 0.3) is 0 Å². The number of rotatable bonds is 5. The molecule has 0 saturated carbocycles. The van der Waals surface area contributed by atoms with E-state index in [1.54, 1.807) is 0 Å². The van der Waals surface area contributed by atoms with Gasteiger partial charge in [-0.25, -0.2) is 0 Å². The van der Waals surface area contributed by atoms with Crippen LogP contribution in [-0.4, -0.2) is 25.5 Å². The van der Waals surface area contributed by atoms with Gasteiger partial charge in [0.05, 0.1) is 13.2 Å². The van der Waals surface area contributed by atoms with E-state index < -0.39 is 17.8 Å². The van der Waals surface area contributed by atoms with Gasteiger partial charge in [0.2, 0.25) is 5.91 Å². The molecule has 5 nitrogen and oxygen atoms in total. The zero-order valence-corrected chi connectivity index (χ0v) is 10.1. The molecular formula is C13H14N2O3. The zero-order valence-electron chi connectivity index (χ0n) is 10.1. The van der Waals surface area contributed by atoms with Crippen LogP contribution in [0, 0.1) is 17.2 Å². The van der Waals surface area contributed by atoms with Crippen molar-refractivity contribution in [3.05, 3.63) is 35.9 Å². The normalized spacial score (nSPS) is 11.1. The van der Waals surface area contributed by atoms with E-state index in [1.165, 1.54) is 7.11 Å². The summed E-state index contributed by atoms with van der Waals surface area (Å²) in [6.45, 7) is -0.220. The molecule has 1 N–H and O–H groups in total. The van der Waals surface area contributed by atoms with E-state index in [1.807, 2.05) is 36.4 Å². The Morgan fingerprint density at radius 3 is 2.61 bits per heavy atom. The molecule has 0 saturated heterocycles. The Hall–Kier alpha value is -2.35. The number of esters is 1. The summed E-state index contributed by atoms with van der Waals surface area (Å²) in [5.74, 6) is -1.82. The first kappa shape index (κ1) is 13.7. The standard InChI is InChI=1S/C13H14N2O3/c1-18-12(16)9-15-13(17)11(8-14)7-10-5-3-2-4-6-10/h2-6,11H,7,9H2,1H3,(H,15,17). The van der Waals surface area contributed by atoms with Gasteiger partial charge >= 0.3 is 5.97 Å². The van der Waals surface area contributed by atoms with Crippen molar-refractivity contribution in [1.82, 2.24) is 5.32 Å². The fourth-order valence-corrected chi connectivity index (χ4v) is 1.40. The number of nitrogens with one attached hydrogen (secondary N) is 1. The lowest BCUT2D eigenvalue weighted by Crippen LogP contribution is -2.35. The summed E-state index contributed by atoms with van der Waals surface area (Å²) in [5, 5.41) is 11.3. The number of methoxy groups -OCH3 is 1. The fourth-order valence-electron chi connectivity index (χ4n) is 1.40. The predicted molar refractivity (Wildman–Crippen MR) is 64.3 cm³/mol. The van der Waals surface area contributed by atoms with E-state index in [-0.39, 0.29) is 6.54 Å². The molecule has 0 heterocycles. The summed E-state index contributed by atoms with van der Waals surface area (Å²) in [6.07, 6.45) is 0.324. The smallest absolute Gasteiger partial charge is 0.325 e. The number of nitriles is 1. The summed E-state index contributed by atoms with van der Waals surface area (Å²) in [6, 6.07) is 11.2. The second-order valence-corrected chi connectivity index (χ2v) is 3.67. The molecule has 0 aliphatic heterocycles. The maximum Gasteiger partial charge on any atom is 0.325 e. The van der Waals surface area contributed by atoms with Crippen molar-refractivity contribution < 1.29 is 14.3 Å². The third kappa shape index (κ3) is 4.26. The number of nitrogens with zero attached hydrogens (tertiary/aromatic N) is 1. The van der Waals surface area contributed by atoms with E-state index in [0.717, 1.165) is 5.56 Å². The summed E-state index contributed by atoms with van der Waals surface area (Å²) in [4.78, 5) is 22.5. The monoisotopic (exact) mass is 246 g/mol. The summed E-state index contributed by atoms with van der Waals surface area (Å²) in [7, 11) is 1.24. The van der Waals surface area contributed by atoms with Gasteiger partial charge in [-0.15, -0.1) is 0 Å². The second-order valence-electron chi connectivity index (χ2n) is 3.67. The largest absolute Gasteiger partial charge is 0.468 e. The van der Waals surface area contributed by atoms with Crippen LogP contribution < -0.4 is 5.32 Å². The lowest BCUT2D eigenvalue weighted by molar-refractivity contribution is -0.141. The second kappa shape index (κ2) is 7.07. The van der Waals surface area contributed by atoms with Crippen LogP contribution in [-0.2, 0) is 20.7 Å². The van der Waals surface area contributed by atoms with E-state index >= 15 is 0 Å². The van der Waals surface area contributed by atoms with Crippen molar-refractivity contribution in [3.8, 4) is 6.07 Å². The van der Waals surface area contributed by atoms with Crippen molar-refractivity contribution in [2.75, 3.05) is 13.7 Å². The van der Waals surface area contributed by atoms with Crippen molar-refractivity contribution >= 4 is 11.9 Å². The maximum absolute atomic E-state index is 11.7. The Morgan fingerprint density at radius 2 is 2.06 bits per heavy atom. The Bertz CT molecular complexity index is 451. The minimum atomic E-state index is -0.808. The molecule has 18 heavy (non-hydrogen) atoms. The van der Waals surface area contributed by atoms with Crippen LogP contribution in [0.4, 0.5) is 0 Å². The molecule has 1 aromatic carbocycles. The summed E-state index contributed by atoms with van der Waals surface area (Å²) in [5.41, 5.74) is 0.900. The van der Waals surface area contributed by atoms with E-state index in [4.69, 9.17) is 5.26 Å². The first-order chi connectivity index (χ1) is 8.67. The lowest BCUT2D eigenvalue weighted by Gasteiger charge is -2.09. The quantitative estimate of drug-likeness (QED) is 0.774. The number of carbonyl (C=O) groups is 2. The average molecular weight is 246 g/mol. The van der Waals surface area contributed by atoms with E-state index in [9.17, 15) is 9.59 Å². The third-order valence-corrected chi connectivity index (χ3v) is 2.39. The highest BCUT2D eigenvalue weighted by Crippen LogP contribution is 2.08. The molecule has 0 aromatic heterocycles. The van der Waals surface area contributed by atoms with Crippen molar-refractivity contribution in [3.63, 3.8) is 0 Å². The van der Waals surface area contributed by atoms with Gasteiger partial charge in [0, 0.05) is 0 Å². The third-order valence-electron chi connectivity index (χ3n) is 2.39. The molecular weight excluding hydrogens is 232 g/mol.